The fraction of sp³-hybridized carbons (Fsp3) is 0.255. The fourth-order valence-corrected chi connectivity index (χ4v) is 6.87. The topological polar surface area (TPSA) is 56.7 Å². The van der Waals surface area contributed by atoms with Gasteiger partial charge in [-0.25, -0.2) is 0 Å². The number of nitrogens with zero attached hydrogens (tertiary/aromatic N) is 4. The maximum Gasteiger partial charge on any atom is 0.120 e. The van der Waals surface area contributed by atoms with Crippen molar-refractivity contribution in [2.24, 2.45) is 0 Å². The first-order chi connectivity index (χ1) is 24.9. The van der Waals surface area contributed by atoms with Crippen molar-refractivity contribution < 1.29 is 24.5 Å². The first kappa shape index (κ1) is 37.8. The zero-order valence-corrected chi connectivity index (χ0v) is 34.4. The van der Waals surface area contributed by atoms with Crippen LogP contribution in [0.1, 0.15) is 88.2 Å². The quantitative estimate of drug-likeness (QED) is 0.162. The molecule has 0 saturated carbocycles. The largest absolute Gasteiger partial charge is 0.501 e. The standard InChI is InChI=1S/C34H34N3O.C13H12N.Ir/c1-20(2)22-13-10-14-23(21(3)4)29(22)37-30-27(18-19-35-32(30)34(5,6)7)36-33(37)26-16-11-15-25-24-12-8-9-17-28(24)38-31(25)26;1-10-3-6-12(7-4-10)13-8-5-11(2)9-14-13;/h8-15,17-21H,1-7H3;3-6,8-9H,1-2H3;/q2*-1;. The van der Waals surface area contributed by atoms with E-state index in [9.17, 15) is 0 Å². The van der Waals surface area contributed by atoms with Gasteiger partial charge in [0.25, 0.3) is 0 Å². The van der Waals surface area contributed by atoms with Crippen molar-refractivity contribution in [2.45, 2.75) is 79.6 Å². The van der Waals surface area contributed by atoms with Gasteiger partial charge in [-0.05, 0) is 53.3 Å². The second-order valence-corrected chi connectivity index (χ2v) is 15.3. The van der Waals surface area contributed by atoms with Crippen molar-refractivity contribution in [3.8, 4) is 28.3 Å². The van der Waals surface area contributed by atoms with E-state index in [2.05, 4.69) is 126 Å². The predicted molar refractivity (Wildman–Crippen MR) is 215 cm³/mol. The molecule has 4 aromatic carbocycles. The third kappa shape index (κ3) is 7.36. The summed E-state index contributed by atoms with van der Waals surface area (Å²) in [5, 5.41) is 2.17. The third-order valence-corrected chi connectivity index (χ3v) is 9.56. The Morgan fingerprint density at radius 3 is 2.09 bits per heavy atom. The summed E-state index contributed by atoms with van der Waals surface area (Å²) < 4.78 is 8.83. The van der Waals surface area contributed by atoms with Crippen LogP contribution in [0, 0.1) is 26.0 Å². The number of benzene rings is 4. The van der Waals surface area contributed by atoms with Gasteiger partial charge in [0.1, 0.15) is 5.58 Å². The van der Waals surface area contributed by atoms with Crippen molar-refractivity contribution in [2.75, 3.05) is 0 Å². The van der Waals surface area contributed by atoms with Crippen LogP contribution in [-0.2, 0) is 25.5 Å². The summed E-state index contributed by atoms with van der Waals surface area (Å²) in [5.74, 6) is 1.49. The van der Waals surface area contributed by atoms with E-state index in [0.717, 1.165) is 61.3 Å². The summed E-state index contributed by atoms with van der Waals surface area (Å²) in [4.78, 5) is 14.6. The summed E-state index contributed by atoms with van der Waals surface area (Å²) >= 11 is 0. The van der Waals surface area contributed by atoms with Crippen LogP contribution >= 0.6 is 0 Å². The Kier molecular flexibility index (Phi) is 10.9. The van der Waals surface area contributed by atoms with Crippen LogP contribution in [0.3, 0.4) is 0 Å². The van der Waals surface area contributed by atoms with E-state index in [0.29, 0.717) is 11.8 Å². The minimum atomic E-state index is -0.172. The molecule has 1 radical (unpaired) electrons. The van der Waals surface area contributed by atoms with E-state index in [1.165, 1.54) is 27.9 Å². The smallest absolute Gasteiger partial charge is 0.120 e. The molecular weight excluding hydrogens is 829 g/mol. The molecule has 4 aromatic heterocycles. The van der Waals surface area contributed by atoms with E-state index in [1.807, 2.05) is 61.8 Å². The van der Waals surface area contributed by atoms with Crippen molar-refractivity contribution in [3.63, 3.8) is 0 Å². The van der Waals surface area contributed by atoms with Crippen LogP contribution in [0.25, 0.3) is 61.3 Å². The number of aromatic nitrogens is 4. The minimum Gasteiger partial charge on any atom is -0.501 e. The number of hydrogen-bond acceptors (Lipinski definition) is 4. The van der Waals surface area contributed by atoms with Crippen LogP contribution in [0.2, 0.25) is 0 Å². The molecule has 0 aliphatic rings. The number of furan rings is 1. The molecule has 271 valence electrons. The molecule has 5 nitrogen and oxygen atoms in total. The maximum absolute atomic E-state index is 6.48. The Bertz CT molecular complexity index is 2450. The molecule has 0 fully saturated rings. The third-order valence-electron chi connectivity index (χ3n) is 9.56. The molecule has 0 saturated heterocycles. The fourth-order valence-electron chi connectivity index (χ4n) is 6.87. The van der Waals surface area contributed by atoms with Gasteiger partial charge in [0.15, 0.2) is 0 Å². The van der Waals surface area contributed by atoms with E-state index >= 15 is 0 Å². The summed E-state index contributed by atoms with van der Waals surface area (Å²) in [7, 11) is 0. The van der Waals surface area contributed by atoms with Crippen LogP contribution in [0.4, 0.5) is 0 Å². The molecule has 0 spiro atoms. The molecule has 0 bridgehead atoms. The molecule has 0 amide bonds. The van der Waals surface area contributed by atoms with Crippen molar-refractivity contribution in [1.82, 2.24) is 19.5 Å². The van der Waals surface area contributed by atoms with Crippen LogP contribution in [0.5, 0.6) is 0 Å². The first-order valence-electron chi connectivity index (χ1n) is 18.2. The number of aryl methyl sites for hydroxylation is 2. The molecule has 0 atom stereocenters. The minimum absolute atomic E-state index is 0. The van der Waals surface area contributed by atoms with Gasteiger partial charge in [-0.15, -0.1) is 53.6 Å². The van der Waals surface area contributed by atoms with Crippen molar-refractivity contribution >= 4 is 33.0 Å². The van der Waals surface area contributed by atoms with Gasteiger partial charge < -0.3 is 14.0 Å². The number of pyridine rings is 2. The van der Waals surface area contributed by atoms with Gasteiger partial charge in [0.2, 0.25) is 0 Å². The maximum atomic E-state index is 6.48. The Morgan fingerprint density at radius 2 is 1.45 bits per heavy atom. The van der Waals surface area contributed by atoms with Gasteiger partial charge >= 0.3 is 0 Å². The van der Waals surface area contributed by atoms with Gasteiger partial charge in [-0.3, -0.25) is 9.97 Å². The molecular formula is C47H46IrN4O-2. The van der Waals surface area contributed by atoms with Gasteiger partial charge in [0.05, 0.1) is 28.1 Å². The van der Waals surface area contributed by atoms with E-state index < -0.39 is 0 Å². The molecule has 0 aliphatic carbocycles. The predicted octanol–water partition coefficient (Wildman–Crippen LogP) is 12.5. The van der Waals surface area contributed by atoms with Crippen molar-refractivity contribution in [1.29, 1.82) is 0 Å². The zero-order valence-electron chi connectivity index (χ0n) is 32.0. The number of imidazole rings is 1. The summed E-state index contributed by atoms with van der Waals surface area (Å²) in [6, 6.07) is 37.9. The number of fused-ring (bicyclic) bond motifs is 4. The Balaban J connectivity index is 0.000000269. The van der Waals surface area contributed by atoms with E-state index in [4.69, 9.17) is 14.4 Å². The van der Waals surface area contributed by atoms with E-state index in [1.54, 1.807) is 0 Å². The first-order valence-corrected chi connectivity index (χ1v) is 18.2. The van der Waals surface area contributed by atoms with Crippen LogP contribution < -0.4 is 0 Å². The molecule has 0 unspecified atom stereocenters. The van der Waals surface area contributed by atoms with Gasteiger partial charge in [-0.1, -0.05) is 115 Å². The molecule has 0 N–H and O–H groups in total. The average molecular weight is 875 g/mol. The van der Waals surface area contributed by atoms with Crippen LogP contribution in [-0.4, -0.2) is 19.5 Å². The zero-order chi connectivity index (χ0) is 36.7. The van der Waals surface area contributed by atoms with Gasteiger partial charge in [-0.2, -0.15) is 0 Å². The second kappa shape index (κ2) is 15.2. The summed E-state index contributed by atoms with van der Waals surface area (Å²) in [6.45, 7) is 19.8. The molecule has 53 heavy (non-hydrogen) atoms. The molecule has 8 rings (SSSR count). The second-order valence-electron chi connectivity index (χ2n) is 15.3. The Labute approximate surface area is 326 Å². The van der Waals surface area contributed by atoms with Gasteiger partial charge in [0, 0.05) is 49.0 Å². The SMILES string of the molecule is CC(C)c1cccc(C(C)C)c1-n1c(-c2[c-]ccc3c2oc2ccccc23)nc2ccnc(C(C)(C)C)c21.Cc1c[c-]c(-c2ccc(C)cn2)cc1.[Ir]. The molecule has 8 aromatic rings. The van der Waals surface area contributed by atoms with E-state index in [-0.39, 0.29) is 25.5 Å². The Hall–Kier alpha value is -4.90. The normalized spacial score (nSPS) is 11.7. The average Bonchev–Trinajstić information content (AvgIpc) is 3.70. The number of para-hydroxylation sites is 2. The number of hydrogen-bond donors (Lipinski definition) is 0. The van der Waals surface area contributed by atoms with Crippen LogP contribution in [0.15, 0.2) is 108 Å². The summed E-state index contributed by atoms with van der Waals surface area (Å²) in [6.07, 6.45) is 3.76. The summed E-state index contributed by atoms with van der Waals surface area (Å²) in [5.41, 5.74) is 13.6. The molecule has 6 heteroatoms. The molecule has 0 aliphatic heterocycles. The van der Waals surface area contributed by atoms with Crippen molar-refractivity contribution in [3.05, 3.63) is 143 Å². The Morgan fingerprint density at radius 1 is 0.736 bits per heavy atom. The molecule has 4 heterocycles. The monoisotopic (exact) mass is 875 g/mol. The number of rotatable bonds is 5.